The summed E-state index contributed by atoms with van der Waals surface area (Å²) < 4.78 is 0. The third-order valence-corrected chi connectivity index (χ3v) is 2.62. The summed E-state index contributed by atoms with van der Waals surface area (Å²) in [6, 6.07) is 0. The van der Waals surface area contributed by atoms with Crippen LogP contribution in [0, 0.1) is 0 Å². The highest BCUT2D eigenvalue weighted by atomic mass is 33.1. The van der Waals surface area contributed by atoms with E-state index in [1.54, 1.807) is 0 Å². The van der Waals surface area contributed by atoms with Crippen molar-refractivity contribution in [3.63, 3.8) is 0 Å². The Morgan fingerprint density at radius 3 is 2.50 bits per heavy atom. The summed E-state index contributed by atoms with van der Waals surface area (Å²) in [5, 5.41) is 8.75. The van der Waals surface area contributed by atoms with Gasteiger partial charge in [-0.1, -0.05) is 21.6 Å². The lowest BCUT2D eigenvalue weighted by Gasteiger charge is -2.02. The zero-order valence-electron chi connectivity index (χ0n) is 4.41. The molecular formula is C3H10N2OS2. The maximum Gasteiger partial charge on any atom is 0.121 e. The van der Waals surface area contributed by atoms with Gasteiger partial charge in [-0.2, -0.15) is 0 Å². The van der Waals surface area contributed by atoms with E-state index in [0.29, 0.717) is 5.88 Å². The molecule has 0 aliphatic carbocycles. The lowest BCUT2D eigenvalue weighted by molar-refractivity contribution is 0.273. The largest absolute Gasteiger partial charge is 0.380 e. The minimum absolute atomic E-state index is 0.289. The second kappa shape index (κ2) is 5.71. The molecule has 3 nitrogen and oxygen atoms in total. The van der Waals surface area contributed by atoms with Gasteiger partial charge in [0.05, 0.1) is 0 Å². The van der Waals surface area contributed by atoms with Crippen LogP contribution in [0.25, 0.3) is 0 Å². The van der Waals surface area contributed by atoms with Crippen molar-refractivity contribution in [2.75, 3.05) is 12.4 Å². The second-order valence-corrected chi connectivity index (χ2v) is 3.66. The predicted molar refractivity (Wildman–Crippen MR) is 39.3 cm³/mol. The monoisotopic (exact) mass is 154 g/mol. The van der Waals surface area contributed by atoms with Gasteiger partial charge in [0.2, 0.25) is 0 Å². The molecule has 50 valence electrons. The van der Waals surface area contributed by atoms with Crippen LogP contribution in [-0.4, -0.2) is 23.0 Å². The van der Waals surface area contributed by atoms with Crippen LogP contribution in [0.3, 0.4) is 0 Å². The highest BCUT2D eigenvalue weighted by Crippen LogP contribution is 2.22. The molecule has 0 bridgehead atoms. The van der Waals surface area contributed by atoms with E-state index in [1.807, 2.05) is 0 Å². The van der Waals surface area contributed by atoms with Crippen molar-refractivity contribution in [2.24, 2.45) is 11.5 Å². The number of aliphatic hydroxyl groups excluding tert-OH is 1. The molecule has 0 fully saturated rings. The van der Waals surface area contributed by atoms with Gasteiger partial charge in [0.1, 0.15) is 5.44 Å². The molecule has 8 heavy (non-hydrogen) atoms. The van der Waals surface area contributed by atoms with Crippen LogP contribution in [0.5, 0.6) is 0 Å². The average Bonchev–Trinajstić information content (AvgIpc) is 1.83. The van der Waals surface area contributed by atoms with Gasteiger partial charge >= 0.3 is 0 Å². The fourth-order valence-electron chi connectivity index (χ4n) is 0.157. The van der Waals surface area contributed by atoms with Gasteiger partial charge < -0.3 is 16.6 Å². The first kappa shape index (κ1) is 8.58. The number of nitrogens with two attached hydrogens (primary N) is 2. The lowest BCUT2D eigenvalue weighted by atomic mass is 10.7. The summed E-state index contributed by atoms with van der Waals surface area (Å²) in [7, 11) is 2.70. The molecule has 0 aromatic heterocycles. The highest BCUT2D eigenvalue weighted by Gasteiger charge is 1.98. The number of hydrogen-bond acceptors (Lipinski definition) is 5. The summed E-state index contributed by atoms with van der Waals surface area (Å²) in [4.78, 5) is 0. The standard InChI is InChI=1S/C3H10N2OS2/c4-1-3(6)8-7-2-5/h3,6H,1-2,4-5H2. The Morgan fingerprint density at radius 1 is 1.50 bits per heavy atom. The fourth-order valence-corrected chi connectivity index (χ4v) is 1.41. The molecule has 0 aliphatic rings. The highest BCUT2D eigenvalue weighted by molar-refractivity contribution is 8.76. The van der Waals surface area contributed by atoms with Gasteiger partial charge in [-0.05, 0) is 0 Å². The summed E-state index contributed by atoms with van der Waals surface area (Å²) >= 11 is 0. The topological polar surface area (TPSA) is 72.3 Å². The van der Waals surface area contributed by atoms with Crippen LogP contribution < -0.4 is 11.5 Å². The van der Waals surface area contributed by atoms with Crippen molar-refractivity contribution in [1.29, 1.82) is 0 Å². The molecule has 0 rings (SSSR count). The van der Waals surface area contributed by atoms with Crippen molar-refractivity contribution in [1.82, 2.24) is 0 Å². The van der Waals surface area contributed by atoms with E-state index in [4.69, 9.17) is 16.6 Å². The minimum Gasteiger partial charge on any atom is -0.380 e. The SMILES string of the molecule is NCSSC(O)CN. The zero-order valence-corrected chi connectivity index (χ0v) is 6.04. The maximum atomic E-state index is 8.75. The van der Waals surface area contributed by atoms with Crippen molar-refractivity contribution < 1.29 is 5.11 Å². The quantitative estimate of drug-likeness (QED) is 0.378. The van der Waals surface area contributed by atoms with Gasteiger partial charge in [-0.15, -0.1) is 0 Å². The smallest absolute Gasteiger partial charge is 0.121 e. The molecule has 1 unspecified atom stereocenters. The van der Waals surface area contributed by atoms with Crippen LogP contribution in [0.4, 0.5) is 0 Å². The summed E-state index contributed by atoms with van der Waals surface area (Å²) in [5.41, 5.74) is 9.74. The Bertz CT molecular complexity index is 54.5. The van der Waals surface area contributed by atoms with E-state index in [0.717, 1.165) is 0 Å². The normalized spacial score (nSPS) is 13.9. The van der Waals surface area contributed by atoms with E-state index in [9.17, 15) is 0 Å². The second-order valence-electron chi connectivity index (χ2n) is 1.07. The van der Waals surface area contributed by atoms with Crippen LogP contribution in [0.2, 0.25) is 0 Å². The van der Waals surface area contributed by atoms with E-state index in [-0.39, 0.29) is 6.54 Å². The van der Waals surface area contributed by atoms with Gasteiger partial charge in [-0.3, -0.25) is 0 Å². The Hall–Kier alpha value is 0.580. The van der Waals surface area contributed by atoms with E-state index >= 15 is 0 Å². The average molecular weight is 154 g/mol. The maximum absolute atomic E-state index is 8.75. The molecule has 0 saturated heterocycles. The molecule has 0 aromatic rings. The first-order valence-corrected chi connectivity index (χ1v) is 4.56. The van der Waals surface area contributed by atoms with Gasteiger partial charge in [0.25, 0.3) is 0 Å². The molecule has 0 saturated carbocycles. The first-order valence-electron chi connectivity index (χ1n) is 2.17. The Labute approximate surface area is 56.6 Å². The molecule has 0 aromatic carbocycles. The number of aliphatic hydroxyl groups is 1. The number of rotatable bonds is 4. The van der Waals surface area contributed by atoms with Crippen LogP contribution in [-0.2, 0) is 0 Å². The molecule has 5 N–H and O–H groups in total. The molecule has 5 heteroatoms. The summed E-state index contributed by atoms with van der Waals surface area (Å²) in [6.07, 6.45) is 0. The molecule has 0 aliphatic heterocycles. The van der Waals surface area contributed by atoms with Crippen LogP contribution >= 0.6 is 21.6 Å². The Kier molecular flexibility index (Phi) is 6.13. The molecule has 0 radical (unpaired) electrons. The molecule has 1 atom stereocenters. The predicted octanol–water partition coefficient (Wildman–Crippen LogP) is -0.439. The van der Waals surface area contributed by atoms with Crippen molar-refractivity contribution in [2.45, 2.75) is 5.44 Å². The third-order valence-electron chi connectivity index (χ3n) is 0.449. The van der Waals surface area contributed by atoms with Crippen molar-refractivity contribution in [3.05, 3.63) is 0 Å². The van der Waals surface area contributed by atoms with Crippen LogP contribution in [0.15, 0.2) is 0 Å². The first-order chi connectivity index (χ1) is 3.81. The summed E-state index contributed by atoms with van der Waals surface area (Å²) in [5.74, 6) is 0.516. The van der Waals surface area contributed by atoms with E-state index in [1.165, 1.54) is 21.6 Å². The Balaban J connectivity index is 2.86. The van der Waals surface area contributed by atoms with Gasteiger partial charge in [0.15, 0.2) is 0 Å². The van der Waals surface area contributed by atoms with E-state index < -0.39 is 5.44 Å². The molecular weight excluding hydrogens is 144 g/mol. The fraction of sp³-hybridized carbons (Fsp3) is 1.00. The van der Waals surface area contributed by atoms with Gasteiger partial charge in [0, 0.05) is 12.4 Å². The van der Waals surface area contributed by atoms with Crippen LogP contribution in [0.1, 0.15) is 0 Å². The van der Waals surface area contributed by atoms with E-state index in [2.05, 4.69) is 0 Å². The van der Waals surface area contributed by atoms with Crippen molar-refractivity contribution in [3.8, 4) is 0 Å². The third kappa shape index (κ3) is 4.73. The zero-order chi connectivity index (χ0) is 6.41. The number of hydrogen-bond donors (Lipinski definition) is 3. The molecule has 0 heterocycles. The molecule has 0 spiro atoms. The molecule has 0 amide bonds. The minimum atomic E-state index is -0.469. The van der Waals surface area contributed by atoms with Crippen molar-refractivity contribution >= 4 is 21.6 Å². The summed E-state index contributed by atoms with van der Waals surface area (Å²) in [6.45, 7) is 0.289. The Morgan fingerprint density at radius 2 is 2.12 bits per heavy atom. The lowest BCUT2D eigenvalue weighted by Crippen LogP contribution is -2.14. The van der Waals surface area contributed by atoms with Gasteiger partial charge in [-0.25, -0.2) is 0 Å².